The van der Waals surface area contributed by atoms with E-state index in [1.807, 2.05) is 35.0 Å². The average molecular weight is 375 g/mol. The first-order chi connectivity index (χ1) is 13.7. The highest BCUT2D eigenvalue weighted by Crippen LogP contribution is 2.29. The molecule has 1 aromatic heterocycles. The van der Waals surface area contributed by atoms with E-state index in [1.54, 1.807) is 31.4 Å². The van der Waals surface area contributed by atoms with E-state index < -0.39 is 0 Å². The van der Waals surface area contributed by atoms with E-state index in [9.17, 15) is 4.79 Å². The van der Waals surface area contributed by atoms with Gasteiger partial charge in [-0.1, -0.05) is 18.2 Å². The number of hydrogen-bond donors (Lipinski definition) is 1. The van der Waals surface area contributed by atoms with Gasteiger partial charge in [0.2, 0.25) is 5.91 Å². The molecule has 0 atom stereocenters. The van der Waals surface area contributed by atoms with Crippen molar-refractivity contribution in [2.75, 3.05) is 19.5 Å². The molecule has 0 radical (unpaired) electrons. The van der Waals surface area contributed by atoms with Crippen molar-refractivity contribution in [1.82, 2.24) is 4.57 Å². The van der Waals surface area contributed by atoms with Crippen molar-refractivity contribution in [3.05, 3.63) is 60.3 Å². The first-order valence-corrected chi connectivity index (χ1v) is 8.82. The Morgan fingerprint density at radius 1 is 1.21 bits per heavy atom. The molecule has 6 nitrogen and oxygen atoms in total. The van der Waals surface area contributed by atoms with Crippen molar-refractivity contribution in [2.45, 2.75) is 13.0 Å². The normalized spacial score (nSPS) is 10.8. The number of carbonyl (C=O) groups excluding carboxylic acids is 1. The van der Waals surface area contributed by atoms with Crippen molar-refractivity contribution < 1.29 is 14.3 Å². The molecule has 0 unspecified atom stereocenters. The predicted molar refractivity (Wildman–Crippen MR) is 109 cm³/mol. The molecule has 0 spiro atoms. The molecule has 0 aliphatic heterocycles. The molecule has 1 amide bonds. The van der Waals surface area contributed by atoms with Crippen LogP contribution in [0.15, 0.2) is 54.7 Å². The highest BCUT2D eigenvalue weighted by atomic mass is 16.5. The number of amides is 1. The highest BCUT2D eigenvalue weighted by molar-refractivity contribution is 6.04. The fourth-order valence-electron chi connectivity index (χ4n) is 3.01. The number of ether oxygens (including phenoxy) is 2. The molecule has 1 heterocycles. The van der Waals surface area contributed by atoms with Crippen molar-refractivity contribution in [3.63, 3.8) is 0 Å². The quantitative estimate of drug-likeness (QED) is 0.627. The molecule has 0 fully saturated rings. The summed E-state index contributed by atoms with van der Waals surface area (Å²) in [5, 5.41) is 12.7. The summed E-state index contributed by atoms with van der Waals surface area (Å²) < 4.78 is 12.5. The van der Waals surface area contributed by atoms with Gasteiger partial charge in [0.25, 0.3) is 0 Å². The maximum Gasteiger partial charge on any atom is 0.248 e. The van der Waals surface area contributed by atoms with Crippen LogP contribution in [0.3, 0.4) is 0 Å². The molecule has 1 N–H and O–H groups in total. The Labute approximate surface area is 163 Å². The summed E-state index contributed by atoms with van der Waals surface area (Å²) in [5.41, 5.74) is 2.52. The molecule has 2 aromatic carbocycles. The Kier molecular flexibility index (Phi) is 5.97. The zero-order valence-corrected chi connectivity index (χ0v) is 15.8. The lowest BCUT2D eigenvalue weighted by Crippen LogP contribution is -2.08. The Hall–Kier alpha value is -3.72. The highest BCUT2D eigenvalue weighted by Gasteiger charge is 2.09. The fourth-order valence-corrected chi connectivity index (χ4v) is 3.01. The molecule has 6 heteroatoms. The van der Waals surface area contributed by atoms with Gasteiger partial charge in [-0.25, -0.2) is 0 Å². The largest absolute Gasteiger partial charge is 0.497 e. The summed E-state index contributed by atoms with van der Waals surface area (Å²) in [7, 11) is 3.11. The van der Waals surface area contributed by atoms with Crippen molar-refractivity contribution in [3.8, 4) is 17.6 Å². The van der Waals surface area contributed by atoms with Gasteiger partial charge in [-0.15, -0.1) is 0 Å². The van der Waals surface area contributed by atoms with Crippen LogP contribution in [0, 0.1) is 11.3 Å². The monoisotopic (exact) mass is 375 g/mol. The maximum absolute atomic E-state index is 12.4. The topological polar surface area (TPSA) is 76.3 Å². The Morgan fingerprint density at radius 2 is 2.04 bits per heavy atom. The van der Waals surface area contributed by atoms with Crippen LogP contribution in [0.4, 0.5) is 5.69 Å². The summed E-state index contributed by atoms with van der Waals surface area (Å²) in [6.07, 6.45) is 5.65. The van der Waals surface area contributed by atoms with E-state index in [2.05, 4.69) is 11.4 Å². The standard InChI is InChI=1S/C22H21N3O3/c1-27-17-9-10-19(21(14-17)28-2)24-22(26)11-8-16-15-25(13-5-12-23)20-7-4-3-6-18(16)20/h3-4,6-11,14-15H,5,13H2,1-2H3,(H,24,26)/b11-8+. The molecular formula is C22H21N3O3. The molecule has 0 saturated carbocycles. The second-order valence-electron chi connectivity index (χ2n) is 6.09. The number of nitrogens with zero attached hydrogens (tertiary/aromatic N) is 2. The van der Waals surface area contributed by atoms with Crippen LogP contribution in [0.1, 0.15) is 12.0 Å². The van der Waals surface area contributed by atoms with Gasteiger partial charge in [-0.05, 0) is 24.3 Å². The van der Waals surface area contributed by atoms with Crippen LogP contribution in [-0.4, -0.2) is 24.7 Å². The average Bonchev–Trinajstić information content (AvgIpc) is 3.09. The Morgan fingerprint density at radius 3 is 2.79 bits per heavy atom. The molecule has 142 valence electrons. The third kappa shape index (κ3) is 4.15. The van der Waals surface area contributed by atoms with Gasteiger partial charge >= 0.3 is 0 Å². The van der Waals surface area contributed by atoms with Gasteiger partial charge < -0.3 is 19.4 Å². The SMILES string of the molecule is COc1ccc(NC(=O)/C=C/c2cn(CCC#N)c3ccccc23)c(OC)c1. The van der Waals surface area contributed by atoms with E-state index in [-0.39, 0.29) is 5.91 Å². The summed E-state index contributed by atoms with van der Waals surface area (Å²) in [4.78, 5) is 12.4. The van der Waals surface area contributed by atoms with Crippen LogP contribution >= 0.6 is 0 Å². The van der Waals surface area contributed by atoms with Gasteiger partial charge in [0.05, 0.1) is 32.4 Å². The lowest BCUT2D eigenvalue weighted by atomic mass is 10.1. The summed E-state index contributed by atoms with van der Waals surface area (Å²) in [6.45, 7) is 0.611. The zero-order valence-electron chi connectivity index (χ0n) is 15.8. The van der Waals surface area contributed by atoms with E-state index >= 15 is 0 Å². The number of carbonyl (C=O) groups is 1. The minimum atomic E-state index is -0.266. The Bertz CT molecular complexity index is 1060. The lowest BCUT2D eigenvalue weighted by molar-refractivity contribution is -0.111. The van der Waals surface area contributed by atoms with Gasteiger partial charge in [0.15, 0.2) is 0 Å². The fraction of sp³-hybridized carbons (Fsp3) is 0.182. The van der Waals surface area contributed by atoms with Crippen LogP contribution < -0.4 is 14.8 Å². The van der Waals surface area contributed by atoms with Crippen molar-refractivity contribution in [1.29, 1.82) is 5.26 Å². The van der Waals surface area contributed by atoms with E-state index in [0.29, 0.717) is 30.2 Å². The second kappa shape index (κ2) is 8.78. The molecule has 28 heavy (non-hydrogen) atoms. The van der Waals surface area contributed by atoms with Crippen molar-refractivity contribution in [2.24, 2.45) is 0 Å². The summed E-state index contributed by atoms with van der Waals surface area (Å²) >= 11 is 0. The van der Waals surface area contributed by atoms with Gasteiger partial charge in [-0.2, -0.15) is 5.26 Å². The minimum Gasteiger partial charge on any atom is -0.497 e. The van der Waals surface area contributed by atoms with E-state index in [4.69, 9.17) is 14.7 Å². The van der Waals surface area contributed by atoms with E-state index in [1.165, 1.54) is 13.2 Å². The summed E-state index contributed by atoms with van der Waals surface area (Å²) in [5.74, 6) is 0.905. The smallest absolute Gasteiger partial charge is 0.248 e. The van der Waals surface area contributed by atoms with Crippen LogP contribution in [0.5, 0.6) is 11.5 Å². The zero-order chi connectivity index (χ0) is 19.9. The number of rotatable bonds is 7. The third-order valence-corrected chi connectivity index (χ3v) is 4.36. The summed E-state index contributed by atoms with van der Waals surface area (Å²) in [6, 6.07) is 15.3. The second-order valence-corrected chi connectivity index (χ2v) is 6.09. The molecule has 3 aromatic rings. The molecule has 0 aliphatic carbocycles. The number of nitriles is 1. The number of fused-ring (bicyclic) bond motifs is 1. The molecule has 0 saturated heterocycles. The number of hydrogen-bond acceptors (Lipinski definition) is 4. The van der Waals surface area contributed by atoms with E-state index in [0.717, 1.165) is 16.5 Å². The number of anilines is 1. The number of methoxy groups -OCH3 is 2. The number of aryl methyl sites for hydroxylation is 1. The maximum atomic E-state index is 12.4. The number of para-hydroxylation sites is 1. The van der Waals surface area contributed by atoms with Crippen LogP contribution in [0.25, 0.3) is 17.0 Å². The predicted octanol–water partition coefficient (Wildman–Crippen LogP) is 4.22. The van der Waals surface area contributed by atoms with Gasteiger partial charge in [-0.3, -0.25) is 4.79 Å². The van der Waals surface area contributed by atoms with Gasteiger partial charge in [0, 0.05) is 41.4 Å². The Balaban J connectivity index is 1.80. The molecule has 0 bridgehead atoms. The molecule has 0 aliphatic rings. The minimum absolute atomic E-state index is 0.266. The third-order valence-electron chi connectivity index (χ3n) is 4.36. The first kappa shape index (κ1) is 19.1. The van der Waals surface area contributed by atoms with Crippen LogP contribution in [0.2, 0.25) is 0 Å². The molecule has 3 rings (SSSR count). The van der Waals surface area contributed by atoms with Crippen LogP contribution in [-0.2, 0) is 11.3 Å². The number of nitrogens with one attached hydrogen (secondary N) is 1. The molecular weight excluding hydrogens is 354 g/mol. The number of aromatic nitrogens is 1. The van der Waals surface area contributed by atoms with Gasteiger partial charge in [0.1, 0.15) is 11.5 Å². The lowest BCUT2D eigenvalue weighted by Gasteiger charge is -2.10. The van der Waals surface area contributed by atoms with Crippen molar-refractivity contribution >= 4 is 28.6 Å². The first-order valence-electron chi connectivity index (χ1n) is 8.82. The number of benzene rings is 2.